The number of hydrogen-bond donors (Lipinski definition) is 4. The van der Waals surface area contributed by atoms with Crippen molar-refractivity contribution < 1.29 is 44.2 Å². The van der Waals surface area contributed by atoms with Crippen LogP contribution in [0.3, 0.4) is 0 Å². The Bertz CT molecular complexity index is 776. The van der Waals surface area contributed by atoms with E-state index in [-0.39, 0.29) is 18.1 Å². The van der Waals surface area contributed by atoms with Gasteiger partial charge in [0.2, 0.25) is 0 Å². The minimum absolute atomic E-state index is 0.0540. The van der Waals surface area contributed by atoms with Crippen molar-refractivity contribution in [2.75, 3.05) is 13.7 Å². The normalized spacial score (nSPS) is 26.4. The van der Waals surface area contributed by atoms with Gasteiger partial charge in [-0.2, -0.15) is 0 Å². The maximum absolute atomic E-state index is 12.2. The number of benzene rings is 1. The predicted molar refractivity (Wildman–Crippen MR) is 106 cm³/mol. The Labute approximate surface area is 174 Å². The van der Waals surface area contributed by atoms with E-state index in [2.05, 4.69) is 0 Å². The van der Waals surface area contributed by atoms with Crippen LogP contribution in [0.1, 0.15) is 38.2 Å². The molecule has 0 bridgehead atoms. The monoisotopic (exact) mass is 424 g/mol. The molecule has 0 heterocycles. The number of rotatable bonds is 8. The molecule has 1 aromatic rings. The molecule has 0 aromatic heterocycles. The molecule has 1 aliphatic carbocycles. The summed E-state index contributed by atoms with van der Waals surface area (Å²) in [5.74, 6) is -1.60. The van der Waals surface area contributed by atoms with Crippen LogP contribution < -0.4 is 4.74 Å². The van der Waals surface area contributed by atoms with E-state index < -0.39 is 48.7 Å². The van der Waals surface area contributed by atoms with E-state index in [9.17, 15) is 30.0 Å². The fourth-order valence-electron chi connectivity index (χ4n) is 3.12. The van der Waals surface area contributed by atoms with E-state index in [1.165, 1.54) is 25.3 Å². The standard InChI is InChI=1S/C21H28O9/c1-3-4-9-29-20(26)21(27)11-15(23)19(25)17(12-21)30-18(24)8-6-13-5-7-14(22)16(10-13)28-2/h5-8,10,15,17,19,22-23,25,27H,3-4,9,11-12H2,1-2H3/b8-6+/t15-,17-,19-,21+/m1/s1. The first-order valence-electron chi connectivity index (χ1n) is 9.71. The van der Waals surface area contributed by atoms with Crippen LogP contribution in [0.15, 0.2) is 24.3 Å². The fraction of sp³-hybridized carbons (Fsp3) is 0.524. The first-order valence-corrected chi connectivity index (χ1v) is 9.71. The van der Waals surface area contributed by atoms with Gasteiger partial charge in [0.05, 0.1) is 19.8 Å². The number of methoxy groups -OCH3 is 1. The highest BCUT2D eigenvalue weighted by Gasteiger charge is 2.51. The molecule has 0 aliphatic heterocycles. The molecule has 1 saturated carbocycles. The molecule has 0 radical (unpaired) electrons. The quantitative estimate of drug-likeness (QED) is 0.272. The highest BCUT2D eigenvalue weighted by molar-refractivity contribution is 5.87. The molecule has 0 spiro atoms. The lowest BCUT2D eigenvalue weighted by Gasteiger charge is -2.39. The smallest absolute Gasteiger partial charge is 0.338 e. The van der Waals surface area contributed by atoms with Crippen LogP contribution in [-0.2, 0) is 19.1 Å². The van der Waals surface area contributed by atoms with Crippen LogP contribution in [0.5, 0.6) is 11.5 Å². The van der Waals surface area contributed by atoms with Crippen LogP contribution in [0.4, 0.5) is 0 Å². The van der Waals surface area contributed by atoms with Crippen LogP contribution in [-0.4, -0.2) is 70.0 Å². The number of aromatic hydroxyl groups is 1. The molecule has 1 aliphatic rings. The molecule has 9 heteroatoms. The first kappa shape index (κ1) is 23.7. The minimum Gasteiger partial charge on any atom is -0.504 e. The van der Waals surface area contributed by atoms with Gasteiger partial charge in [0.1, 0.15) is 12.2 Å². The van der Waals surface area contributed by atoms with Gasteiger partial charge in [0.15, 0.2) is 17.1 Å². The average Bonchev–Trinajstić information content (AvgIpc) is 2.71. The molecular weight excluding hydrogens is 396 g/mol. The second-order valence-electron chi connectivity index (χ2n) is 7.23. The van der Waals surface area contributed by atoms with Crippen LogP contribution in [0.2, 0.25) is 0 Å². The minimum atomic E-state index is -2.06. The van der Waals surface area contributed by atoms with E-state index in [1.807, 2.05) is 6.92 Å². The second-order valence-corrected chi connectivity index (χ2v) is 7.23. The number of aliphatic hydroxyl groups excluding tert-OH is 2. The Hall–Kier alpha value is -2.62. The highest BCUT2D eigenvalue weighted by Crippen LogP contribution is 2.32. The number of phenolic OH excluding ortho intramolecular Hbond substituents is 1. The molecule has 0 amide bonds. The lowest BCUT2D eigenvalue weighted by molar-refractivity contribution is -0.200. The number of esters is 2. The zero-order valence-electron chi connectivity index (χ0n) is 17.0. The summed E-state index contributed by atoms with van der Waals surface area (Å²) in [6.07, 6.45) is -1.14. The summed E-state index contributed by atoms with van der Waals surface area (Å²) >= 11 is 0. The highest BCUT2D eigenvalue weighted by atomic mass is 16.6. The number of unbranched alkanes of at least 4 members (excludes halogenated alkanes) is 1. The molecule has 4 N–H and O–H groups in total. The Morgan fingerprint density at radius 1 is 1.27 bits per heavy atom. The number of phenols is 1. The van der Waals surface area contributed by atoms with Crippen LogP contribution >= 0.6 is 0 Å². The molecule has 9 nitrogen and oxygen atoms in total. The molecule has 1 aromatic carbocycles. The molecule has 4 atom stereocenters. The van der Waals surface area contributed by atoms with E-state index in [1.54, 1.807) is 6.07 Å². The number of carbonyl (C=O) groups is 2. The Kier molecular flexibility index (Phi) is 8.22. The first-order chi connectivity index (χ1) is 14.2. The van der Waals surface area contributed by atoms with Crippen molar-refractivity contribution in [2.45, 2.75) is 56.5 Å². The maximum Gasteiger partial charge on any atom is 0.338 e. The Morgan fingerprint density at radius 2 is 2.00 bits per heavy atom. The Balaban J connectivity index is 2.04. The van der Waals surface area contributed by atoms with Crippen molar-refractivity contribution in [1.82, 2.24) is 0 Å². The Morgan fingerprint density at radius 3 is 2.67 bits per heavy atom. The molecule has 30 heavy (non-hydrogen) atoms. The summed E-state index contributed by atoms with van der Waals surface area (Å²) in [4.78, 5) is 24.4. The number of carbonyl (C=O) groups excluding carboxylic acids is 2. The lowest BCUT2D eigenvalue weighted by atomic mass is 9.79. The van der Waals surface area contributed by atoms with Crippen LogP contribution in [0, 0.1) is 0 Å². The third kappa shape index (κ3) is 5.94. The van der Waals surface area contributed by atoms with Gasteiger partial charge in [-0.05, 0) is 30.2 Å². The van der Waals surface area contributed by atoms with Gasteiger partial charge >= 0.3 is 11.9 Å². The summed E-state index contributed by atoms with van der Waals surface area (Å²) in [6, 6.07) is 4.45. The molecule has 166 valence electrons. The van der Waals surface area contributed by atoms with Gasteiger partial charge in [-0.1, -0.05) is 19.4 Å². The van der Waals surface area contributed by atoms with E-state index in [0.717, 1.165) is 12.5 Å². The fourth-order valence-corrected chi connectivity index (χ4v) is 3.12. The maximum atomic E-state index is 12.2. The summed E-state index contributed by atoms with van der Waals surface area (Å²) in [7, 11) is 1.39. The zero-order chi connectivity index (χ0) is 22.3. The molecular formula is C21H28O9. The lowest BCUT2D eigenvalue weighted by Crippen LogP contribution is -2.57. The third-order valence-electron chi connectivity index (χ3n) is 4.86. The molecule has 1 fully saturated rings. The van der Waals surface area contributed by atoms with Crippen molar-refractivity contribution in [3.63, 3.8) is 0 Å². The summed E-state index contributed by atoms with van der Waals surface area (Å²) in [6.45, 7) is 2.04. The molecule has 0 saturated heterocycles. The predicted octanol–water partition coefficient (Wildman–Crippen LogP) is 0.916. The van der Waals surface area contributed by atoms with Crippen molar-refractivity contribution in [1.29, 1.82) is 0 Å². The number of ether oxygens (including phenoxy) is 3. The summed E-state index contributed by atoms with van der Waals surface area (Å²) in [5.41, 5.74) is -1.52. The van der Waals surface area contributed by atoms with Gasteiger partial charge < -0.3 is 34.6 Å². The van der Waals surface area contributed by atoms with Gasteiger partial charge in [-0.15, -0.1) is 0 Å². The van der Waals surface area contributed by atoms with Crippen molar-refractivity contribution >= 4 is 18.0 Å². The van der Waals surface area contributed by atoms with E-state index in [0.29, 0.717) is 12.0 Å². The van der Waals surface area contributed by atoms with E-state index in [4.69, 9.17) is 14.2 Å². The van der Waals surface area contributed by atoms with Gasteiger partial charge in [-0.3, -0.25) is 0 Å². The second kappa shape index (κ2) is 10.4. The molecule has 0 unspecified atom stereocenters. The van der Waals surface area contributed by atoms with Gasteiger partial charge in [0.25, 0.3) is 0 Å². The summed E-state index contributed by atoms with van der Waals surface area (Å²) in [5, 5.41) is 40.4. The number of aliphatic hydroxyl groups is 3. The zero-order valence-corrected chi connectivity index (χ0v) is 17.0. The van der Waals surface area contributed by atoms with E-state index >= 15 is 0 Å². The average molecular weight is 424 g/mol. The molecule has 2 rings (SSSR count). The van der Waals surface area contributed by atoms with Crippen LogP contribution in [0.25, 0.3) is 6.08 Å². The van der Waals surface area contributed by atoms with Crippen molar-refractivity contribution in [2.24, 2.45) is 0 Å². The van der Waals surface area contributed by atoms with Gasteiger partial charge in [0, 0.05) is 18.9 Å². The van der Waals surface area contributed by atoms with Crippen molar-refractivity contribution in [3.8, 4) is 11.5 Å². The van der Waals surface area contributed by atoms with Gasteiger partial charge in [-0.25, -0.2) is 9.59 Å². The topological polar surface area (TPSA) is 143 Å². The largest absolute Gasteiger partial charge is 0.504 e. The number of hydrogen-bond acceptors (Lipinski definition) is 9. The summed E-state index contributed by atoms with van der Waals surface area (Å²) < 4.78 is 15.2. The SMILES string of the molecule is CCCCOC(=O)[C@]1(O)C[C@@H](O)[C@@H](O)[C@H](OC(=O)/C=C/c2ccc(O)c(OC)c2)C1. The van der Waals surface area contributed by atoms with Crippen molar-refractivity contribution in [3.05, 3.63) is 29.8 Å². The third-order valence-corrected chi connectivity index (χ3v) is 4.86.